The lowest BCUT2D eigenvalue weighted by Gasteiger charge is -2.14. The van der Waals surface area contributed by atoms with Gasteiger partial charge in [0.15, 0.2) is 6.10 Å². The van der Waals surface area contributed by atoms with Crippen LogP contribution >= 0.6 is 0 Å². The summed E-state index contributed by atoms with van der Waals surface area (Å²) in [6.45, 7) is 2.14. The number of benzene rings is 1. The first kappa shape index (κ1) is 15.1. The van der Waals surface area contributed by atoms with E-state index in [2.05, 4.69) is 16.0 Å². The highest BCUT2D eigenvalue weighted by molar-refractivity contribution is 5.96. The van der Waals surface area contributed by atoms with Gasteiger partial charge in [0.25, 0.3) is 5.91 Å². The molecule has 2 atom stereocenters. The third-order valence-electron chi connectivity index (χ3n) is 3.26. The van der Waals surface area contributed by atoms with Crippen molar-refractivity contribution in [1.29, 1.82) is 0 Å². The SMILES string of the molecule is CNC(=O)NC(=O)C(C)Oc1ccc2c(c1)OCC2NC. The van der Waals surface area contributed by atoms with Crippen molar-refractivity contribution in [1.82, 2.24) is 16.0 Å². The van der Waals surface area contributed by atoms with Crippen molar-refractivity contribution in [2.45, 2.75) is 19.1 Å². The quantitative estimate of drug-likeness (QED) is 0.755. The van der Waals surface area contributed by atoms with E-state index in [1.54, 1.807) is 19.1 Å². The topological polar surface area (TPSA) is 88.7 Å². The van der Waals surface area contributed by atoms with Gasteiger partial charge in [0.2, 0.25) is 0 Å². The normalized spacial score (nSPS) is 17.4. The van der Waals surface area contributed by atoms with Crippen molar-refractivity contribution in [3.8, 4) is 11.5 Å². The highest BCUT2D eigenvalue weighted by Crippen LogP contribution is 2.35. The molecule has 0 spiro atoms. The van der Waals surface area contributed by atoms with E-state index >= 15 is 0 Å². The Kier molecular flexibility index (Phi) is 4.64. The Bertz CT molecular complexity index is 547. The molecular weight excluding hydrogens is 274 g/mol. The number of imide groups is 1. The highest BCUT2D eigenvalue weighted by Gasteiger charge is 2.24. The number of hydrogen-bond donors (Lipinski definition) is 3. The van der Waals surface area contributed by atoms with Crippen LogP contribution in [0.5, 0.6) is 11.5 Å². The van der Waals surface area contributed by atoms with Crippen molar-refractivity contribution < 1.29 is 19.1 Å². The van der Waals surface area contributed by atoms with Gasteiger partial charge in [-0.3, -0.25) is 10.1 Å². The summed E-state index contributed by atoms with van der Waals surface area (Å²) in [6.07, 6.45) is -0.790. The number of amides is 3. The zero-order valence-electron chi connectivity index (χ0n) is 12.2. The maximum Gasteiger partial charge on any atom is 0.321 e. The van der Waals surface area contributed by atoms with Crippen molar-refractivity contribution in [3.63, 3.8) is 0 Å². The molecule has 0 saturated heterocycles. The fourth-order valence-corrected chi connectivity index (χ4v) is 2.04. The second-order valence-corrected chi connectivity index (χ2v) is 4.68. The van der Waals surface area contributed by atoms with Crippen molar-refractivity contribution in [2.75, 3.05) is 20.7 Å². The average Bonchev–Trinajstić information content (AvgIpc) is 2.89. The standard InChI is InChI=1S/C14H19N3O4/c1-8(13(18)17-14(19)16-3)21-9-4-5-10-11(15-2)7-20-12(10)6-9/h4-6,8,11,15H,7H2,1-3H3,(H2,16,17,18,19). The summed E-state index contributed by atoms with van der Waals surface area (Å²) in [5.74, 6) is 0.750. The molecule has 3 amide bonds. The lowest BCUT2D eigenvalue weighted by Crippen LogP contribution is -2.43. The van der Waals surface area contributed by atoms with E-state index in [-0.39, 0.29) is 6.04 Å². The molecule has 7 nitrogen and oxygen atoms in total. The third-order valence-corrected chi connectivity index (χ3v) is 3.26. The van der Waals surface area contributed by atoms with Crippen LogP contribution < -0.4 is 25.4 Å². The summed E-state index contributed by atoms with van der Waals surface area (Å²) in [6, 6.07) is 5.03. The number of fused-ring (bicyclic) bond motifs is 1. The molecule has 1 aromatic rings. The van der Waals surface area contributed by atoms with Gasteiger partial charge in [0.1, 0.15) is 18.1 Å². The largest absolute Gasteiger partial charge is 0.491 e. The first-order chi connectivity index (χ1) is 10.0. The summed E-state index contributed by atoms with van der Waals surface area (Å²) >= 11 is 0. The molecule has 2 unspecified atom stereocenters. The predicted molar refractivity (Wildman–Crippen MR) is 76.4 cm³/mol. The third kappa shape index (κ3) is 3.43. The Morgan fingerprint density at radius 2 is 2.14 bits per heavy atom. The Balaban J connectivity index is 2.01. The molecule has 1 aromatic carbocycles. The zero-order chi connectivity index (χ0) is 15.4. The van der Waals surface area contributed by atoms with Gasteiger partial charge >= 0.3 is 6.03 Å². The molecule has 7 heteroatoms. The first-order valence-electron chi connectivity index (χ1n) is 6.68. The first-order valence-corrected chi connectivity index (χ1v) is 6.68. The van der Waals surface area contributed by atoms with E-state index in [1.807, 2.05) is 13.1 Å². The van der Waals surface area contributed by atoms with Crippen LogP contribution in [0.15, 0.2) is 18.2 Å². The van der Waals surface area contributed by atoms with Gasteiger partial charge in [-0.05, 0) is 26.1 Å². The number of nitrogens with one attached hydrogen (secondary N) is 3. The maximum absolute atomic E-state index is 11.7. The molecule has 0 aliphatic carbocycles. The monoisotopic (exact) mass is 293 g/mol. The molecule has 1 heterocycles. The highest BCUT2D eigenvalue weighted by atomic mass is 16.5. The van der Waals surface area contributed by atoms with Crippen molar-refractivity contribution in [3.05, 3.63) is 23.8 Å². The fourth-order valence-electron chi connectivity index (χ4n) is 2.04. The molecular formula is C14H19N3O4. The van der Waals surface area contributed by atoms with Gasteiger partial charge in [0, 0.05) is 18.7 Å². The van der Waals surface area contributed by atoms with E-state index in [9.17, 15) is 9.59 Å². The number of hydrogen-bond acceptors (Lipinski definition) is 5. The minimum absolute atomic E-state index is 0.169. The smallest absolute Gasteiger partial charge is 0.321 e. The Hall–Kier alpha value is -2.28. The van der Waals surface area contributed by atoms with E-state index in [4.69, 9.17) is 9.47 Å². The Morgan fingerprint density at radius 1 is 1.38 bits per heavy atom. The maximum atomic E-state index is 11.7. The Labute approximate surface area is 123 Å². The van der Waals surface area contributed by atoms with Gasteiger partial charge in [0.05, 0.1) is 6.04 Å². The van der Waals surface area contributed by atoms with Crippen LogP contribution in [-0.2, 0) is 4.79 Å². The zero-order valence-corrected chi connectivity index (χ0v) is 12.2. The van der Waals surface area contributed by atoms with Gasteiger partial charge < -0.3 is 20.1 Å². The van der Waals surface area contributed by atoms with Crippen LogP contribution in [-0.4, -0.2) is 38.7 Å². The second kappa shape index (κ2) is 6.45. The van der Waals surface area contributed by atoms with E-state index in [1.165, 1.54) is 7.05 Å². The van der Waals surface area contributed by atoms with E-state index < -0.39 is 18.0 Å². The minimum atomic E-state index is -0.790. The molecule has 0 fully saturated rings. The average molecular weight is 293 g/mol. The molecule has 1 aliphatic rings. The minimum Gasteiger partial charge on any atom is -0.491 e. The second-order valence-electron chi connectivity index (χ2n) is 4.68. The van der Waals surface area contributed by atoms with Crippen LogP contribution in [0, 0.1) is 0 Å². The van der Waals surface area contributed by atoms with Crippen LogP contribution in [0.4, 0.5) is 4.79 Å². The lowest BCUT2D eigenvalue weighted by molar-refractivity contribution is -0.126. The van der Waals surface area contributed by atoms with E-state index in [0.717, 1.165) is 11.3 Å². The molecule has 0 radical (unpaired) electrons. The molecule has 0 aromatic heterocycles. The van der Waals surface area contributed by atoms with Crippen LogP contribution in [0.2, 0.25) is 0 Å². The van der Waals surface area contributed by atoms with Crippen molar-refractivity contribution >= 4 is 11.9 Å². The van der Waals surface area contributed by atoms with Gasteiger partial charge in [-0.1, -0.05) is 0 Å². The molecule has 3 N–H and O–H groups in total. The van der Waals surface area contributed by atoms with Crippen LogP contribution in [0.25, 0.3) is 0 Å². The number of rotatable bonds is 4. The van der Waals surface area contributed by atoms with Gasteiger partial charge in [-0.2, -0.15) is 0 Å². The number of carbonyl (C=O) groups is 2. The molecule has 0 saturated carbocycles. The summed E-state index contributed by atoms with van der Waals surface area (Å²) in [7, 11) is 3.31. The number of ether oxygens (including phenoxy) is 2. The summed E-state index contributed by atoms with van der Waals surface area (Å²) in [5.41, 5.74) is 1.06. The number of carbonyl (C=O) groups excluding carboxylic acids is 2. The van der Waals surface area contributed by atoms with Gasteiger partial charge in [-0.25, -0.2) is 4.79 Å². The summed E-state index contributed by atoms with van der Waals surface area (Å²) in [4.78, 5) is 22.8. The predicted octanol–water partition coefficient (Wildman–Crippen LogP) is 0.562. The van der Waals surface area contributed by atoms with Gasteiger partial charge in [-0.15, -0.1) is 0 Å². The van der Waals surface area contributed by atoms with Crippen molar-refractivity contribution in [2.24, 2.45) is 0 Å². The molecule has 0 bridgehead atoms. The molecule has 21 heavy (non-hydrogen) atoms. The lowest BCUT2D eigenvalue weighted by atomic mass is 10.1. The Morgan fingerprint density at radius 3 is 2.81 bits per heavy atom. The number of likely N-dealkylation sites (N-methyl/N-ethyl adjacent to an activating group) is 1. The molecule has 1 aliphatic heterocycles. The fraction of sp³-hybridized carbons (Fsp3) is 0.429. The van der Waals surface area contributed by atoms with Crippen LogP contribution in [0.3, 0.4) is 0 Å². The van der Waals surface area contributed by atoms with E-state index in [0.29, 0.717) is 12.4 Å². The molecule has 2 rings (SSSR count). The molecule has 114 valence electrons. The van der Waals surface area contributed by atoms with Crippen LogP contribution in [0.1, 0.15) is 18.5 Å². The summed E-state index contributed by atoms with van der Waals surface area (Å²) in [5, 5.41) is 7.62. The number of urea groups is 1. The summed E-state index contributed by atoms with van der Waals surface area (Å²) < 4.78 is 11.1.